The second-order valence-corrected chi connectivity index (χ2v) is 9.71. The molecule has 1 aliphatic rings. The fraction of sp³-hybridized carbons (Fsp3) is 0.200. The van der Waals surface area contributed by atoms with Gasteiger partial charge in [0, 0.05) is 35.6 Å². The van der Waals surface area contributed by atoms with E-state index in [0.29, 0.717) is 35.0 Å². The molecule has 212 valence electrons. The molecule has 0 radical (unpaired) electrons. The van der Waals surface area contributed by atoms with Crippen molar-refractivity contribution in [1.29, 1.82) is 0 Å². The molecule has 0 aliphatic carbocycles. The SMILES string of the molecule is CCN(C(=O)c1ccc(Oc2ccc3c(c2)OCCC3C(=O)O)c(Cl)c1)c1cccn1-c1ccc(C(F)(F)F)cc1. The fourth-order valence-corrected chi connectivity index (χ4v) is 4.94. The highest BCUT2D eigenvalue weighted by atomic mass is 35.5. The van der Waals surface area contributed by atoms with Crippen LogP contribution in [0.25, 0.3) is 5.69 Å². The summed E-state index contributed by atoms with van der Waals surface area (Å²) in [7, 11) is 0. The van der Waals surface area contributed by atoms with E-state index in [1.54, 1.807) is 60.2 Å². The lowest BCUT2D eigenvalue weighted by Crippen LogP contribution is -2.32. The van der Waals surface area contributed by atoms with Crippen molar-refractivity contribution in [1.82, 2.24) is 4.57 Å². The number of ether oxygens (including phenoxy) is 2. The molecule has 1 aliphatic heterocycles. The molecule has 0 spiro atoms. The minimum Gasteiger partial charge on any atom is -0.493 e. The second-order valence-electron chi connectivity index (χ2n) is 9.31. The summed E-state index contributed by atoms with van der Waals surface area (Å²) in [6, 6.07) is 17.6. The first-order valence-electron chi connectivity index (χ1n) is 12.7. The molecule has 3 aromatic carbocycles. The Hall–Kier alpha value is -4.44. The van der Waals surface area contributed by atoms with Crippen molar-refractivity contribution in [2.45, 2.75) is 25.4 Å². The van der Waals surface area contributed by atoms with Gasteiger partial charge < -0.3 is 19.1 Å². The molecule has 5 rings (SSSR count). The van der Waals surface area contributed by atoms with E-state index in [1.807, 2.05) is 0 Å². The van der Waals surface area contributed by atoms with Gasteiger partial charge in [-0.25, -0.2) is 0 Å². The molecule has 0 saturated heterocycles. The maximum Gasteiger partial charge on any atom is 0.416 e. The van der Waals surface area contributed by atoms with E-state index in [2.05, 4.69) is 0 Å². The minimum absolute atomic E-state index is 0.173. The van der Waals surface area contributed by atoms with Crippen molar-refractivity contribution in [2.75, 3.05) is 18.1 Å². The third kappa shape index (κ3) is 5.74. The highest BCUT2D eigenvalue weighted by Crippen LogP contribution is 2.39. The van der Waals surface area contributed by atoms with Gasteiger partial charge in [0.25, 0.3) is 5.91 Å². The number of anilines is 1. The molecule has 1 amide bonds. The van der Waals surface area contributed by atoms with Crippen LogP contribution in [0.5, 0.6) is 17.2 Å². The van der Waals surface area contributed by atoms with Crippen LogP contribution >= 0.6 is 11.6 Å². The normalized spacial score (nSPS) is 14.6. The first kappa shape index (κ1) is 28.1. The van der Waals surface area contributed by atoms with Gasteiger partial charge in [-0.1, -0.05) is 17.7 Å². The number of nitrogens with zero attached hydrogens (tertiary/aromatic N) is 2. The van der Waals surface area contributed by atoms with Crippen LogP contribution in [0.2, 0.25) is 5.02 Å². The van der Waals surface area contributed by atoms with Crippen LogP contribution in [0.3, 0.4) is 0 Å². The zero-order valence-electron chi connectivity index (χ0n) is 21.7. The number of carboxylic acid groups (broad SMARTS) is 1. The van der Waals surface area contributed by atoms with E-state index in [-0.39, 0.29) is 35.4 Å². The zero-order valence-corrected chi connectivity index (χ0v) is 22.4. The first-order chi connectivity index (χ1) is 19.6. The van der Waals surface area contributed by atoms with Gasteiger partial charge in [-0.3, -0.25) is 14.5 Å². The molecule has 0 fully saturated rings. The van der Waals surface area contributed by atoms with Crippen LogP contribution in [-0.2, 0) is 11.0 Å². The van der Waals surface area contributed by atoms with Gasteiger partial charge >= 0.3 is 12.1 Å². The number of aliphatic carboxylic acids is 1. The van der Waals surface area contributed by atoms with E-state index >= 15 is 0 Å². The standard InChI is InChI=1S/C30H24ClF3N2O5/c1-2-35(27-4-3-14-36(27)20-8-6-19(7-9-20)30(32,33)34)28(37)18-5-12-25(24(31)16-18)41-21-10-11-22-23(29(38)39)13-15-40-26(22)17-21/h3-12,14,16-17,23H,2,13,15H2,1H3,(H,38,39). The monoisotopic (exact) mass is 584 g/mol. The lowest BCUT2D eigenvalue weighted by Gasteiger charge is -2.24. The van der Waals surface area contributed by atoms with Gasteiger partial charge in [-0.15, -0.1) is 0 Å². The van der Waals surface area contributed by atoms with Crippen molar-refractivity contribution >= 4 is 29.3 Å². The summed E-state index contributed by atoms with van der Waals surface area (Å²) in [5.74, 6) is -0.357. The van der Waals surface area contributed by atoms with Gasteiger partial charge in [-0.2, -0.15) is 13.2 Å². The Morgan fingerprint density at radius 3 is 2.51 bits per heavy atom. The van der Waals surface area contributed by atoms with Crippen molar-refractivity contribution in [2.24, 2.45) is 0 Å². The number of rotatable bonds is 7. The molecule has 1 aromatic heterocycles. The second kappa shape index (κ2) is 11.2. The number of carbonyl (C=O) groups is 2. The Bertz CT molecular complexity index is 1600. The first-order valence-corrected chi connectivity index (χ1v) is 13.1. The lowest BCUT2D eigenvalue weighted by atomic mass is 9.93. The van der Waals surface area contributed by atoms with Crippen molar-refractivity contribution in [3.05, 3.63) is 101 Å². The Morgan fingerprint density at radius 1 is 1.10 bits per heavy atom. The molecule has 1 unspecified atom stereocenters. The largest absolute Gasteiger partial charge is 0.493 e. The van der Waals surface area contributed by atoms with Gasteiger partial charge in [0.05, 0.1) is 23.1 Å². The predicted molar refractivity (Wildman–Crippen MR) is 147 cm³/mol. The van der Waals surface area contributed by atoms with Crippen LogP contribution in [0, 0.1) is 0 Å². The maximum atomic E-state index is 13.5. The van der Waals surface area contributed by atoms with E-state index in [0.717, 1.165) is 12.1 Å². The number of hydrogen-bond acceptors (Lipinski definition) is 4. The van der Waals surface area contributed by atoms with Crippen LogP contribution < -0.4 is 14.4 Å². The van der Waals surface area contributed by atoms with Crippen LogP contribution in [0.4, 0.5) is 19.0 Å². The summed E-state index contributed by atoms with van der Waals surface area (Å²) in [6.45, 7) is 2.35. The van der Waals surface area contributed by atoms with Crippen LogP contribution in [0.15, 0.2) is 79.0 Å². The minimum atomic E-state index is -4.45. The molecule has 0 bridgehead atoms. The molecule has 41 heavy (non-hydrogen) atoms. The summed E-state index contributed by atoms with van der Waals surface area (Å²) in [6.07, 6.45) is -2.40. The quantitative estimate of drug-likeness (QED) is 0.242. The molecule has 4 aromatic rings. The number of aromatic nitrogens is 1. The third-order valence-electron chi connectivity index (χ3n) is 6.77. The maximum absolute atomic E-state index is 13.5. The summed E-state index contributed by atoms with van der Waals surface area (Å²) in [4.78, 5) is 26.5. The number of amides is 1. The number of halogens is 4. The van der Waals surface area contributed by atoms with E-state index in [9.17, 15) is 27.9 Å². The van der Waals surface area contributed by atoms with E-state index in [1.165, 1.54) is 23.1 Å². The number of fused-ring (bicyclic) bond motifs is 1. The van der Waals surface area contributed by atoms with E-state index in [4.69, 9.17) is 21.1 Å². The molecule has 11 heteroatoms. The molecule has 1 N–H and O–H groups in total. The number of benzene rings is 3. The summed E-state index contributed by atoms with van der Waals surface area (Å²) in [5, 5.41) is 9.62. The van der Waals surface area contributed by atoms with Crippen molar-refractivity contribution in [3.63, 3.8) is 0 Å². The average molecular weight is 585 g/mol. The number of carbonyl (C=O) groups excluding carboxylic acids is 1. The summed E-state index contributed by atoms with van der Waals surface area (Å²) >= 11 is 6.48. The van der Waals surface area contributed by atoms with Crippen LogP contribution in [0.1, 0.15) is 40.7 Å². The Kier molecular flexibility index (Phi) is 7.68. The van der Waals surface area contributed by atoms with Crippen LogP contribution in [-0.4, -0.2) is 34.7 Å². The van der Waals surface area contributed by atoms with Gasteiger partial charge in [0.1, 0.15) is 23.1 Å². The number of carboxylic acids is 1. The molecular weight excluding hydrogens is 561 g/mol. The van der Waals surface area contributed by atoms with Gasteiger partial charge in [-0.05, 0) is 74.0 Å². The van der Waals surface area contributed by atoms with Crippen molar-refractivity contribution < 1.29 is 37.3 Å². The Balaban J connectivity index is 1.36. The molecule has 2 heterocycles. The molecule has 7 nitrogen and oxygen atoms in total. The number of alkyl halides is 3. The molecule has 1 atom stereocenters. The number of hydrogen-bond donors (Lipinski definition) is 1. The predicted octanol–water partition coefficient (Wildman–Crippen LogP) is 7.56. The Morgan fingerprint density at radius 2 is 1.85 bits per heavy atom. The molecule has 0 saturated carbocycles. The molecular formula is C30H24ClF3N2O5. The highest BCUT2D eigenvalue weighted by Gasteiger charge is 2.30. The fourth-order valence-electron chi connectivity index (χ4n) is 4.72. The lowest BCUT2D eigenvalue weighted by molar-refractivity contribution is -0.139. The van der Waals surface area contributed by atoms with Gasteiger partial charge in [0.2, 0.25) is 0 Å². The Labute approximate surface area is 238 Å². The zero-order chi connectivity index (χ0) is 29.3. The average Bonchev–Trinajstić information content (AvgIpc) is 3.43. The topological polar surface area (TPSA) is 81.0 Å². The summed E-state index contributed by atoms with van der Waals surface area (Å²) < 4.78 is 52.2. The smallest absolute Gasteiger partial charge is 0.416 e. The van der Waals surface area contributed by atoms with E-state index < -0.39 is 23.6 Å². The van der Waals surface area contributed by atoms with Crippen molar-refractivity contribution in [3.8, 4) is 22.9 Å². The highest BCUT2D eigenvalue weighted by molar-refractivity contribution is 6.32. The third-order valence-corrected chi connectivity index (χ3v) is 7.06. The van der Waals surface area contributed by atoms with Gasteiger partial charge in [0.15, 0.2) is 0 Å². The summed E-state index contributed by atoms with van der Waals surface area (Å²) in [5.41, 5.74) is 0.559.